The summed E-state index contributed by atoms with van der Waals surface area (Å²) in [5.74, 6) is 1.08. The number of ether oxygens (including phenoxy) is 2. The van der Waals surface area contributed by atoms with Crippen LogP contribution in [-0.2, 0) is 14.3 Å². The molecule has 0 radical (unpaired) electrons. The van der Waals surface area contributed by atoms with Gasteiger partial charge in [0.2, 0.25) is 5.91 Å². The number of hydrogen-bond donors (Lipinski definition) is 0. The number of amides is 1. The van der Waals surface area contributed by atoms with E-state index in [1.165, 1.54) is 0 Å². The number of rotatable bonds is 8. The third-order valence-electron chi connectivity index (χ3n) is 3.71. The molecular formula is C12H21NO3. The minimum absolute atomic E-state index is 0.0997. The Labute approximate surface area is 96.9 Å². The fraction of sp³-hybridized carbons (Fsp3) is 0.917. The molecule has 0 aromatic rings. The van der Waals surface area contributed by atoms with Crippen LogP contribution >= 0.6 is 0 Å². The molecule has 92 valence electrons. The van der Waals surface area contributed by atoms with Crippen molar-refractivity contribution in [2.45, 2.75) is 19.8 Å². The molecule has 2 rings (SSSR count). The van der Waals surface area contributed by atoms with Crippen molar-refractivity contribution in [2.24, 2.45) is 11.3 Å². The van der Waals surface area contributed by atoms with Crippen LogP contribution in [0.15, 0.2) is 0 Å². The minimum Gasteiger partial charge on any atom is -0.382 e. The maximum absolute atomic E-state index is 12.1. The monoisotopic (exact) mass is 227 g/mol. The lowest BCUT2D eigenvalue weighted by atomic mass is 10.2. The number of carbonyl (C=O) groups excluding carboxylic acids is 1. The van der Waals surface area contributed by atoms with Gasteiger partial charge >= 0.3 is 0 Å². The molecule has 2 aliphatic carbocycles. The molecule has 16 heavy (non-hydrogen) atoms. The second-order valence-corrected chi connectivity index (χ2v) is 4.75. The Morgan fingerprint density at radius 3 is 2.56 bits per heavy atom. The van der Waals surface area contributed by atoms with Gasteiger partial charge < -0.3 is 14.4 Å². The summed E-state index contributed by atoms with van der Waals surface area (Å²) in [6.07, 6.45) is 2.26. The number of nitrogens with zero attached hydrogens (tertiary/aromatic N) is 1. The van der Waals surface area contributed by atoms with Crippen LogP contribution in [0.3, 0.4) is 0 Å². The number of likely N-dealkylation sites (N-methyl/N-ethyl adjacent to an activating group) is 1. The van der Waals surface area contributed by atoms with E-state index in [2.05, 4.69) is 0 Å². The molecule has 4 nitrogen and oxygen atoms in total. The highest BCUT2D eigenvalue weighted by atomic mass is 16.5. The van der Waals surface area contributed by atoms with Gasteiger partial charge in [0.1, 0.15) is 0 Å². The smallest absolute Gasteiger partial charge is 0.229 e. The van der Waals surface area contributed by atoms with E-state index >= 15 is 0 Å². The van der Waals surface area contributed by atoms with Crippen molar-refractivity contribution in [3.05, 3.63) is 0 Å². The van der Waals surface area contributed by atoms with Gasteiger partial charge in [0.25, 0.3) is 0 Å². The first-order valence-corrected chi connectivity index (χ1v) is 6.10. The Bertz CT molecular complexity index is 261. The largest absolute Gasteiger partial charge is 0.382 e. The molecule has 0 spiro atoms. The first-order valence-electron chi connectivity index (χ1n) is 6.10. The molecule has 0 bridgehead atoms. The van der Waals surface area contributed by atoms with E-state index in [1.807, 2.05) is 11.8 Å². The van der Waals surface area contributed by atoms with Crippen molar-refractivity contribution in [3.8, 4) is 0 Å². The van der Waals surface area contributed by atoms with Gasteiger partial charge in [0.15, 0.2) is 0 Å². The lowest BCUT2D eigenvalue weighted by Gasteiger charge is -2.22. The van der Waals surface area contributed by atoms with Crippen LogP contribution in [0.2, 0.25) is 0 Å². The van der Waals surface area contributed by atoms with Crippen LogP contribution in [0.1, 0.15) is 19.8 Å². The topological polar surface area (TPSA) is 38.8 Å². The zero-order chi connectivity index (χ0) is 11.6. The van der Waals surface area contributed by atoms with Gasteiger partial charge in [0.05, 0.1) is 25.2 Å². The quantitative estimate of drug-likeness (QED) is 0.578. The van der Waals surface area contributed by atoms with Crippen LogP contribution in [-0.4, -0.2) is 50.8 Å². The van der Waals surface area contributed by atoms with Crippen molar-refractivity contribution >= 4 is 5.91 Å². The van der Waals surface area contributed by atoms with Gasteiger partial charge in [-0.25, -0.2) is 0 Å². The predicted octanol–water partition coefficient (Wildman–Crippen LogP) is 0.908. The van der Waals surface area contributed by atoms with Crippen LogP contribution in [0.5, 0.6) is 0 Å². The highest BCUT2D eigenvalue weighted by Gasteiger charge is 2.75. The summed E-state index contributed by atoms with van der Waals surface area (Å²) in [5.41, 5.74) is 0.0997. The third-order valence-corrected chi connectivity index (χ3v) is 3.71. The lowest BCUT2D eigenvalue weighted by Crippen LogP contribution is -2.37. The average Bonchev–Trinajstić information content (AvgIpc) is 3.11. The normalized spacial score (nSPS) is 29.8. The molecule has 0 saturated heterocycles. The number of methoxy groups -OCH3 is 1. The Kier molecular flexibility index (Phi) is 3.50. The molecule has 0 aliphatic heterocycles. The minimum atomic E-state index is 0.0997. The summed E-state index contributed by atoms with van der Waals surface area (Å²) in [6.45, 7) is 5.38. The number of carbonyl (C=O) groups is 1. The molecule has 0 heterocycles. The Hall–Kier alpha value is -0.610. The Balaban J connectivity index is 1.63. The van der Waals surface area contributed by atoms with Gasteiger partial charge in [-0.2, -0.15) is 0 Å². The zero-order valence-electron chi connectivity index (χ0n) is 10.2. The second-order valence-electron chi connectivity index (χ2n) is 4.75. The van der Waals surface area contributed by atoms with E-state index in [0.29, 0.717) is 32.3 Å². The fourth-order valence-corrected chi connectivity index (χ4v) is 2.19. The first-order chi connectivity index (χ1) is 7.74. The van der Waals surface area contributed by atoms with Crippen LogP contribution < -0.4 is 0 Å². The van der Waals surface area contributed by atoms with Crippen molar-refractivity contribution in [1.82, 2.24) is 4.90 Å². The van der Waals surface area contributed by atoms with E-state index in [0.717, 1.165) is 25.3 Å². The maximum atomic E-state index is 12.1. The molecule has 0 unspecified atom stereocenters. The Morgan fingerprint density at radius 2 is 2.06 bits per heavy atom. The molecular weight excluding hydrogens is 206 g/mol. The van der Waals surface area contributed by atoms with Crippen molar-refractivity contribution in [1.29, 1.82) is 0 Å². The number of hydrogen-bond acceptors (Lipinski definition) is 3. The van der Waals surface area contributed by atoms with Crippen molar-refractivity contribution in [2.75, 3.05) is 40.0 Å². The molecule has 2 saturated carbocycles. The highest BCUT2D eigenvalue weighted by molar-refractivity contribution is 5.90. The lowest BCUT2D eigenvalue weighted by molar-refractivity contribution is -0.135. The van der Waals surface area contributed by atoms with Crippen LogP contribution in [0, 0.1) is 11.3 Å². The van der Waals surface area contributed by atoms with Crippen LogP contribution in [0.4, 0.5) is 0 Å². The molecule has 2 fully saturated rings. The molecule has 0 atom stereocenters. The van der Waals surface area contributed by atoms with Gasteiger partial charge in [-0.1, -0.05) is 0 Å². The van der Waals surface area contributed by atoms with E-state index in [-0.39, 0.29) is 5.41 Å². The molecule has 0 aromatic heterocycles. The van der Waals surface area contributed by atoms with E-state index in [9.17, 15) is 4.79 Å². The van der Waals surface area contributed by atoms with Gasteiger partial charge in [-0.05, 0) is 25.7 Å². The standard InChI is InChI=1S/C12H21NO3/c1-3-13(4-5-16-7-6-15-2)11(14)12-8-10(12)9-12/h10H,3-9H2,1-2H3. The molecule has 1 amide bonds. The zero-order valence-corrected chi connectivity index (χ0v) is 10.2. The van der Waals surface area contributed by atoms with Gasteiger partial charge in [0, 0.05) is 20.2 Å². The van der Waals surface area contributed by atoms with Crippen molar-refractivity contribution in [3.63, 3.8) is 0 Å². The average molecular weight is 227 g/mol. The first kappa shape index (κ1) is 11.9. The van der Waals surface area contributed by atoms with Crippen LogP contribution in [0.25, 0.3) is 0 Å². The Morgan fingerprint density at radius 1 is 1.38 bits per heavy atom. The van der Waals surface area contributed by atoms with E-state index in [1.54, 1.807) is 7.11 Å². The third kappa shape index (κ3) is 2.23. The molecule has 4 heteroatoms. The summed E-state index contributed by atoms with van der Waals surface area (Å²) in [6, 6.07) is 0. The predicted molar refractivity (Wildman–Crippen MR) is 60.1 cm³/mol. The molecule has 0 N–H and O–H groups in total. The summed E-state index contributed by atoms with van der Waals surface area (Å²) >= 11 is 0. The van der Waals surface area contributed by atoms with Crippen molar-refractivity contribution < 1.29 is 14.3 Å². The fourth-order valence-electron chi connectivity index (χ4n) is 2.19. The van der Waals surface area contributed by atoms with E-state index < -0.39 is 0 Å². The van der Waals surface area contributed by atoms with E-state index in [4.69, 9.17) is 9.47 Å². The summed E-state index contributed by atoms with van der Waals surface area (Å²) in [4.78, 5) is 14.0. The summed E-state index contributed by atoms with van der Waals surface area (Å²) < 4.78 is 10.3. The second kappa shape index (κ2) is 4.72. The summed E-state index contributed by atoms with van der Waals surface area (Å²) in [5, 5.41) is 0. The maximum Gasteiger partial charge on any atom is 0.229 e. The molecule has 2 aliphatic rings. The van der Waals surface area contributed by atoms with Gasteiger partial charge in [-0.15, -0.1) is 0 Å². The number of fused-ring (bicyclic) bond motifs is 1. The molecule has 0 aromatic carbocycles. The summed E-state index contributed by atoms with van der Waals surface area (Å²) in [7, 11) is 1.66. The SMILES string of the molecule is CCN(CCOCCOC)C(=O)C12CC1C2. The highest BCUT2D eigenvalue weighted by Crippen LogP contribution is 2.75. The van der Waals surface area contributed by atoms with Gasteiger partial charge in [-0.3, -0.25) is 4.79 Å².